The van der Waals surface area contributed by atoms with Gasteiger partial charge >= 0.3 is 7.12 Å². The summed E-state index contributed by atoms with van der Waals surface area (Å²) in [6, 6.07) is 7.29. The first-order valence-electron chi connectivity index (χ1n) is 5.35. The summed E-state index contributed by atoms with van der Waals surface area (Å²) < 4.78 is 14.0. The second kappa shape index (κ2) is 4.76. The van der Waals surface area contributed by atoms with Gasteiger partial charge in [0.15, 0.2) is 0 Å². The summed E-state index contributed by atoms with van der Waals surface area (Å²) in [7, 11) is -1.91. The number of halogens is 1. The van der Waals surface area contributed by atoms with E-state index in [4.69, 9.17) is 10.0 Å². The molecule has 0 spiro atoms. The fourth-order valence-electron chi connectivity index (χ4n) is 1.74. The van der Waals surface area contributed by atoms with Gasteiger partial charge < -0.3 is 15.0 Å². The van der Waals surface area contributed by atoms with Crippen molar-refractivity contribution in [3.63, 3.8) is 0 Å². The summed E-state index contributed by atoms with van der Waals surface area (Å²) >= 11 is 0. The molecule has 0 saturated carbocycles. The van der Waals surface area contributed by atoms with E-state index in [2.05, 4.69) is 4.98 Å². The molecule has 0 unspecified atom stereocenters. The second-order valence-electron chi connectivity index (χ2n) is 3.97. The highest BCUT2D eigenvalue weighted by Gasteiger charge is 2.20. The van der Waals surface area contributed by atoms with Crippen LogP contribution in [-0.2, 0) is 0 Å². The molecule has 2 aromatic rings. The molecule has 0 aliphatic carbocycles. The summed E-state index contributed by atoms with van der Waals surface area (Å²) in [6.07, 6.45) is 0. The van der Waals surface area contributed by atoms with Crippen molar-refractivity contribution < 1.29 is 14.4 Å². The summed E-state index contributed by atoms with van der Waals surface area (Å²) in [5, 5.41) is 18.0. The van der Waals surface area contributed by atoms with Crippen molar-refractivity contribution >= 4 is 12.6 Å². The van der Waals surface area contributed by atoms with Gasteiger partial charge in [-0.1, -0.05) is 18.2 Å². The third kappa shape index (κ3) is 2.20. The van der Waals surface area contributed by atoms with Gasteiger partial charge in [0, 0.05) is 22.3 Å². The number of hydrogen-bond donors (Lipinski definition) is 3. The average molecular weight is 247 g/mol. The molecular weight excluding hydrogens is 236 g/mol. The van der Waals surface area contributed by atoms with Crippen molar-refractivity contribution in [2.45, 2.75) is 6.92 Å². The fourth-order valence-corrected chi connectivity index (χ4v) is 1.74. The maximum atomic E-state index is 14.0. The summed E-state index contributed by atoms with van der Waals surface area (Å²) in [4.78, 5) is 14.3. The first-order chi connectivity index (χ1) is 8.50. The third-order valence-electron chi connectivity index (χ3n) is 2.65. The Bertz CT molecular complexity index is 639. The van der Waals surface area contributed by atoms with Gasteiger partial charge in [-0.2, -0.15) is 0 Å². The molecule has 0 radical (unpaired) electrons. The number of aromatic nitrogens is 1. The molecule has 0 saturated heterocycles. The number of aromatic amines is 1. The van der Waals surface area contributed by atoms with Crippen molar-refractivity contribution in [1.82, 2.24) is 4.98 Å². The molecule has 18 heavy (non-hydrogen) atoms. The fraction of sp³-hybridized carbons (Fsp3) is 0.0833. The van der Waals surface area contributed by atoms with E-state index in [1.54, 1.807) is 13.0 Å². The molecule has 0 amide bonds. The van der Waals surface area contributed by atoms with Gasteiger partial charge in [0.2, 0.25) is 0 Å². The van der Waals surface area contributed by atoms with E-state index in [0.717, 1.165) is 0 Å². The first-order valence-corrected chi connectivity index (χ1v) is 5.35. The second-order valence-corrected chi connectivity index (χ2v) is 3.97. The molecule has 0 fully saturated rings. The van der Waals surface area contributed by atoms with Gasteiger partial charge in [-0.15, -0.1) is 0 Å². The van der Waals surface area contributed by atoms with Gasteiger partial charge in [-0.3, -0.25) is 4.79 Å². The van der Waals surface area contributed by atoms with Crippen LogP contribution in [0.4, 0.5) is 4.39 Å². The minimum Gasteiger partial charge on any atom is -0.423 e. The highest BCUT2D eigenvalue weighted by molar-refractivity contribution is 6.58. The Kier molecular flexibility index (Phi) is 3.31. The quantitative estimate of drug-likeness (QED) is 0.662. The smallest absolute Gasteiger partial charge is 0.423 e. The van der Waals surface area contributed by atoms with Crippen LogP contribution in [-0.4, -0.2) is 22.2 Å². The van der Waals surface area contributed by atoms with Gasteiger partial charge in [-0.25, -0.2) is 4.39 Å². The molecule has 0 bridgehead atoms. The maximum Gasteiger partial charge on any atom is 0.491 e. The Balaban J connectivity index is 2.65. The van der Waals surface area contributed by atoms with E-state index < -0.39 is 18.5 Å². The zero-order valence-corrected chi connectivity index (χ0v) is 9.64. The van der Waals surface area contributed by atoms with Crippen LogP contribution in [0.15, 0.2) is 35.1 Å². The van der Waals surface area contributed by atoms with Crippen LogP contribution in [0.5, 0.6) is 0 Å². The molecule has 3 N–H and O–H groups in total. The molecule has 0 atom stereocenters. The minimum atomic E-state index is -1.91. The van der Waals surface area contributed by atoms with Crippen LogP contribution in [0, 0.1) is 12.7 Å². The predicted octanol–water partition coefficient (Wildman–Crippen LogP) is 0.169. The third-order valence-corrected chi connectivity index (χ3v) is 2.65. The molecule has 1 heterocycles. The Morgan fingerprint density at radius 3 is 2.50 bits per heavy atom. The molecule has 4 nitrogen and oxygen atoms in total. The number of aryl methyl sites for hydroxylation is 1. The highest BCUT2D eigenvalue weighted by Crippen LogP contribution is 2.17. The van der Waals surface area contributed by atoms with Crippen LogP contribution >= 0.6 is 0 Å². The van der Waals surface area contributed by atoms with Crippen LogP contribution in [0.3, 0.4) is 0 Å². The number of nitrogens with one attached hydrogen (secondary N) is 1. The van der Waals surface area contributed by atoms with E-state index in [1.807, 2.05) is 0 Å². The zero-order chi connectivity index (χ0) is 13.3. The Labute approximate surface area is 103 Å². The van der Waals surface area contributed by atoms with Gasteiger partial charge in [0.1, 0.15) is 5.82 Å². The first kappa shape index (κ1) is 12.5. The summed E-state index contributed by atoms with van der Waals surface area (Å²) in [5.41, 5.74) is 0.191. The number of pyridine rings is 1. The van der Waals surface area contributed by atoms with Crippen molar-refractivity contribution in [1.29, 1.82) is 0 Å². The lowest BCUT2D eigenvalue weighted by molar-refractivity contribution is 0.423. The lowest BCUT2D eigenvalue weighted by Gasteiger charge is -2.07. The Morgan fingerprint density at radius 1 is 1.17 bits per heavy atom. The van der Waals surface area contributed by atoms with Crippen LogP contribution in [0.25, 0.3) is 11.1 Å². The van der Waals surface area contributed by atoms with Crippen molar-refractivity contribution in [2.75, 3.05) is 0 Å². The molecular formula is C12H11BFNO3. The van der Waals surface area contributed by atoms with E-state index in [-0.39, 0.29) is 16.6 Å². The molecule has 92 valence electrons. The molecule has 6 heteroatoms. The number of hydrogen-bond acceptors (Lipinski definition) is 3. The van der Waals surface area contributed by atoms with Crippen LogP contribution in [0.1, 0.15) is 5.69 Å². The van der Waals surface area contributed by atoms with Crippen molar-refractivity contribution in [2.24, 2.45) is 0 Å². The van der Waals surface area contributed by atoms with Gasteiger partial charge in [0.25, 0.3) is 5.56 Å². The number of rotatable bonds is 2. The lowest BCUT2D eigenvalue weighted by Crippen LogP contribution is -2.33. The van der Waals surface area contributed by atoms with Gasteiger partial charge in [-0.05, 0) is 19.1 Å². The monoisotopic (exact) mass is 247 g/mol. The summed E-state index contributed by atoms with van der Waals surface area (Å²) in [6.45, 7) is 1.72. The number of H-pyrrole nitrogens is 1. The standard InChI is InChI=1S/C12H11BFNO3/c1-7-5-6-9(12(16)15-7)8-3-2-4-10(11(8)14)13(17)18/h2-6,17-18H,1H3,(H,15,16). The lowest BCUT2D eigenvalue weighted by atomic mass is 9.78. The van der Waals surface area contributed by atoms with Crippen LogP contribution in [0.2, 0.25) is 0 Å². The van der Waals surface area contributed by atoms with Crippen LogP contribution < -0.4 is 11.0 Å². The molecule has 2 rings (SSSR count). The Morgan fingerprint density at radius 2 is 1.89 bits per heavy atom. The topological polar surface area (TPSA) is 73.3 Å². The maximum absolute atomic E-state index is 14.0. The minimum absolute atomic E-state index is 0.0434. The molecule has 1 aromatic carbocycles. The molecule has 0 aliphatic heterocycles. The van der Waals surface area contributed by atoms with E-state index in [1.165, 1.54) is 24.3 Å². The molecule has 1 aromatic heterocycles. The van der Waals surface area contributed by atoms with E-state index in [0.29, 0.717) is 5.69 Å². The van der Waals surface area contributed by atoms with Gasteiger partial charge in [0.05, 0.1) is 0 Å². The van der Waals surface area contributed by atoms with E-state index >= 15 is 0 Å². The highest BCUT2D eigenvalue weighted by atomic mass is 19.1. The Hall–Kier alpha value is -1.92. The van der Waals surface area contributed by atoms with Crippen molar-refractivity contribution in [3.05, 3.63) is 52.2 Å². The number of benzene rings is 1. The van der Waals surface area contributed by atoms with E-state index in [9.17, 15) is 9.18 Å². The molecule has 0 aliphatic rings. The summed E-state index contributed by atoms with van der Waals surface area (Å²) in [5.74, 6) is -0.804. The predicted molar refractivity (Wildman–Crippen MR) is 67.0 cm³/mol. The average Bonchev–Trinajstić information content (AvgIpc) is 2.30. The van der Waals surface area contributed by atoms with Crippen molar-refractivity contribution in [3.8, 4) is 11.1 Å². The largest absolute Gasteiger partial charge is 0.491 e. The SMILES string of the molecule is Cc1ccc(-c2cccc(B(O)O)c2F)c(=O)[nH]1. The normalized spacial score (nSPS) is 10.4. The zero-order valence-electron chi connectivity index (χ0n) is 9.64.